The van der Waals surface area contributed by atoms with E-state index in [1.165, 1.54) is 18.4 Å². The van der Waals surface area contributed by atoms with Gasteiger partial charge in [-0.1, -0.05) is 41.9 Å². The molecule has 2 N–H and O–H groups in total. The molecular formula is C16H17ClN2. The molecule has 3 heteroatoms. The molecule has 2 aromatic rings. The lowest BCUT2D eigenvalue weighted by Gasteiger charge is -2.26. The highest BCUT2D eigenvalue weighted by Crippen LogP contribution is 2.36. The summed E-state index contributed by atoms with van der Waals surface area (Å²) in [4.78, 5) is 2.39. The van der Waals surface area contributed by atoms with Gasteiger partial charge in [-0.25, -0.2) is 0 Å². The van der Waals surface area contributed by atoms with Crippen molar-refractivity contribution in [2.24, 2.45) is 0 Å². The molecule has 0 aliphatic heterocycles. The molecule has 3 rings (SSSR count). The molecule has 1 fully saturated rings. The Kier molecular flexibility index (Phi) is 3.34. The van der Waals surface area contributed by atoms with Gasteiger partial charge >= 0.3 is 0 Å². The number of hydrogen-bond acceptors (Lipinski definition) is 2. The lowest BCUT2D eigenvalue weighted by Crippen LogP contribution is -2.25. The van der Waals surface area contributed by atoms with Crippen LogP contribution in [0.5, 0.6) is 0 Å². The van der Waals surface area contributed by atoms with E-state index in [0.717, 1.165) is 17.9 Å². The Morgan fingerprint density at radius 2 is 1.84 bits per heavy atom. The third-order valence-corrected chi connectivity index (χ3v) is 3.72. The molecule has 0 unspecified atom stereocenters. The number of halogens is 1. The van der Waals surface area contributed by atoms with E-state index in [-0.39, 0.29) is 0 Å². The quantitative estimate of drug-likeness (QED) is 0.850. The van der Waals surface area contributed by atoms with E-state index in [2.05, 4.69) is 29.2 Å². The summed E-state index contributed by atoms with van der Waals surface area (Å²) in [5.74, 6) is 0. The molecule has 1 saturated carbocycles. The second-order valence-corrected chi connectivity index (χ2v) is 5.48. The summed E-state index contributed by atoms with van der Waals surface area (Å²) in [6, 6.07) is 16.9. The van der Waals surface area contributed by atoms with Gasteiger partial charge in [0.2, 0.25) is 0 Å². The highest BCUT2D eigenvalue weighted by Gasteiger charge is 2.30. The van der Waals surface area contributed by atoms with Crippen LogP contribution in [0.4, 0.5) is 11.4 Å². The van der Waals surface area contributed by atoms with Crippen LogP contribution in [0, 0.1) is 0 Å². The fraction of sp³-hybridized carbons (Fsp3) is 0.250. The molecular weight excluding hydrogens is 256 g/mol. The first-order valence-electron chi connectivity index (χ1n) is 6.59. The van der Waals surface area contributed by atoms with Crippen LogP contribution in [0.25, 0.3) is 0 Å². The summed E-state index contributed by atoms with van der Waals surface area (Å²) in [6.45, 7) is 0.900. The fourth-order valence-electron chi connectivity index (χ4n) is 2.36. The summed E-state index contributed by atoms with van der Waals surface area (Å²) < 4.78 is 0. The molecule has 0 heterocycles. The molecule has 0 bridgehead atoms. The molecule has 98 valence electrons. The second kappa shape index (κ2) is 5.14. The van der Waals surface area contributed by atoms with E-state index >= 15 is 0 Å². The highest BCUT2D eigenvalue weighted by molar-refractivity contribution is 6.31. The van der Waals surface area contributed by atoms with Crippen molar-refractivity contribution >= 4 is 23.0 Å². The molecule has 1 aliphatic rings. The number of hydrogen-bond donors (Lipinski definition) is 1. The first-order valence-corrected chi connectivity index (χ1v) is 6.97. The van der Waals surface area contributed by atoms with Crippen LogP contribution in [0.3, 0.4) is 0 Å². The molecule has 0 saturated heterocycles. The Hall–Kier alpha value is -1.67. The fourth-order valence-corrected chi connectivity index (χ4v) is 2.54. The van der Waals surface area contributed by atoms with Crippen LogP contribution in [0.1, 0.15) is 18.4 Å². The molecule has 2 aromatic carbocycles. The summed E-state index contributed by atoms with van der Waals surface area (Å²) >= 11 is 5.98. The van der Waals surface area contributed by atoms with E-state index in [9.17, 15) is 0 Å². The number of rotatable bonds is 4. The van der Waals surface area contributed by atoms with Gasteiger partial charge < -0.3 is 10.6 Å². The predicted molar refractivity (Wildman–Crippen MR) is 81.5 cm³/mol. The van der Waals surface area contributed by atoms with E-state index in [4.69, 9.17) is 17.3 Å². The van der Waals surface area contributed by atoms with Crippen LogP contribution >= 0.6 is 11.6 Å². The van der Waals surface area contributed by atoms with Crippen molar-refractivity contribution in [2.45, 2.75) is 25.4 Å². The topological polar surface area (TPSA) is 29.3 Å². The number of nitrogens with zero attached hydrogens (tertiary/aromatic N) is 1. The summed E-state index contributed by atoms with van der Waals surface area (Å²) in [5, 5.41) is 0.691. The van der Waals surface area contributed by atoms with Gasteiger partial charge in [0.15, 0.2) is 0 Å². The maximum Gasteiger partial charge on any atom is 0.0606 e. The molecule has 0 amide bonds. The predicted octanol–water partition coefficient (Wildman–Crippen LogP) is 4.09. The first-order chi connectivity index (χ1) is 9.24. The normalized spacial score (nSPS) is 14.4. The van der Waals surface area contributed by atoms with Gasteiger partial charge in [-0.2, -0.15) is 0 Å². The van der Waals surface area contributed by atoms with Crippen molar-refractivity contribution in [2.75, 3.05) is 10.6 Å². The van der Waals surface area contributed by atoms with Gasteiger partial charge in [-0.15, -0.1) is 0 Å². The zero-order valence-corrected chi connectivity index (χ0v) is 11.5. The third kappa shape index (κ3) is 2.85. The number of nitrogens with two attached hydrogens (primary N) is 1. The van der Waals surface area contributed by atoms with Crippen LogP contribution in [-0.2, 0) is 6.54 Å². The Morgan fingerprint density at radius 3 is 2.47 bits per heavy atom. The van der Waals surface area contributed by atoms with E-state index < -0.39 is 0 Å². The van der Waals surface area contributed by atoms with Gasteiger partial charge in [0.05, 0.1) is 11.4 Å². The highest BCUT2D eigenvalue weighted by atomic mass is 35.5. The van der Waals surface area contributed by atoms with Crippen molar-refractivity contribution in [3.8, 4) is 0 Å². The van der Waals surface area contributed by atoms with Gasteiger partial charge in [-0.3, -0.25) is 0 Å². The van der Waals surface area contributed by atoms with Gasteiger partial charge in [-0.05, 0) is 36.6 Å². The molecule has 0 spiro atoms. The lowest BCUT2D eigenvalue weighted by molar-refractivity contribution is 0.796. The average Bonchev–Trinajstić information content (AvgIpc) is 3.22. The molecule has 19 heavy (non-hydrogen) atoms. The van der Waals surface area contributed by atoms with E-state index in [0.29, 0.717) is 11.1 Å². The van der Waals surface area contributed by atoms with Crippen LogP contribution < -0.4 is 10.6 Å². The largest absolute Gasteiger partial charge is 0.397 e. The average molecular weight is 273 g/mol. The Morgan fingerprint density at radius 1 is 1.11 bits per heavy atom. The van der Waals surface area contributed by atoms with Crippen molar-refractivity contribution in [3.63, 3.8) is 0 Å². The Balaban J connectivity index is 1.89. The van der Waals surface area contributed by atoms with Crippen molar-refractivity contribution in [1.29, 1.82) is 0 Å². The smallest absolute Gasteiger partial charge is 0.0606 e. The zero-order chi connectivity index (χ0) is 13.2. The molecule has 0 atom stereocenters. The van der Waals surface area contributed by atoms with Crippen LogP contribution in [0.2, 0.25) is 5.02 Å². The van der Waals surface area contributed by atoms with Gasteiger partial charge in [0.1, 0.15) is 0 Å². The minimum absolute atomic E-state index is 0.615. The summed E-state index contributed by atoms with van der Waals surface area (Å²) in [5.41, 5.74) is 9.28. The molecule has 0 radical (unpaired) electrons. The molecule has 0 aromatic heterocycles. The van der Waals surface area contributed by atoms with Crippen molar-refractivity contribution in [3.05, 3.63) is 59.1 Å². The van der Waals surface area contributed by atoms with Crippen LogP contribution in [-0.4, -0.2) is 6.04 Å². The second-order valence-electron chi connectivity index (χ2n) is 5.05. The maximum absolute atomic E-state index is 6.12. The van der Waals surface area contributed by atoms with Gasteiger partial charge in [0, 0.05) is 17.6 Å². The summed E-state index contributed by atoms with van der Waals surface area (Å²) in [7, 11) is 0. The Bertz CT molecular complexity index is 564. The summed E-state index contributed by atoms with van der Waals surface area (Å²) in [6.07, 6.45) is 2.49. The minimum Gasteiger partial charge on any atom is -0.397 e. The zero-order valence-electron chi connectivity index (χ0n) is 10.7. The number of benzene rings is 2. The maximum atomic E-state index is 6.12. The van der Waals surface area contributed by atoms with E-state index in [1.54, 1.807) is 0 Å². The third-order valence-electron chi connectivity index (χ3n) is 3.48. The number of nitrogen functional groups attached to an aromatic ring is 1. The van der Waals surface area contributed by atoms with Crippen molar-refractivity contribution < 1.29 is 0 Å². The minimum atomic E-state index is 0.615. The van der Waals surface area contributed by atoms with E-state index in [1.807, 2.05) is 24.3 Å². The van der Waals surface area contributed by atoms with Gasteiger partial charge in [0.25, 0.3) is 0 Å². The molecule has 1 aliphatic carbocycles. The standard InChI is InChI=1S/C16H17ClN2/c17-13-6-9-16(15(18)10-13)19(14-7-8-14)11-12-4-2-1-3-5-12/h1-6,9-10,14H,7-8,11,18H2. The first kappa shape index (κ1) is 12.4. The molecule has 2 nitrogen and oxygen atoms in total. The Labute approximate surface area is 118 Å². The lowest BCUT2D eigenvalue weighted by atomic mass is 10.1. The SMILES string of the molecule is Nc1cc(Cl)ccc1N(Cc1ccccc1)C1CC1. The monoisotopic (exact) mass is 272 g/mol. The number of anilines is 2. The van der Waals surface area contributed by atoms with Crippen LogP contribution in [0.15, 0.2) is 48.5 Å². The van der Waals surface area contributed by atoms with Crippen molar-refractivity contribution in [1.82, 2.24) is 0 Å².